The fourth-order valence-corrected chi connectivity index (χ4v) is 3.28. The molecule has 0 spiro atoms. The summed E-state index contributed by atoms with van der Waals surface area (Å²) in [6.45, 7) is 1.69. The van der Waals surface area contributed by atoms with Gasteiger partial charge in [-0.1, -0.05) is 48.7 Å². The number of aromatic nitrogens is 2. The molecule has 0 bridgehead atoms. The standard InChI is InChI=1S/C22H19Cl2FN2O3/c1-2-13(12-28)8-21(29)17-11-20(14-6-7-18(23)19(24)9-14)26-27(22(17)30)16-5-3-4-15(25)10-16/h3-7,9-11,13,28H,2,8,12H2,1H3/t13-/m1/s1. The minimum Gasteiger partial charge on any atom is -0.396 e. The molecular weight excluding hydrogens is 430 g/mol. The van der Waals surface area contributed by atoms with Crippen LogP contribution in [0.5, 0.6) is 0 Å². The van der Waals surface area contributed by atoms with E-state index in [-0.39, 0.29) is 30.2 Å². The van der Waals surface area contributed by atoms with Crippen molar-refractivity contribution in [2.45, 2.75) is 19.8 Å². The first kappa shape index (κ1) is 22.2. The van der Waals surface area contributed by atoms with Crippen LogP contribution in [0, 0.1) is 11.7 Å². The topological polar surface area (TPSA) is 72.2 Å². The second-order valence-electron chi connectivity index (χ2n) is 6.85. The Kier molecular flexibility index (Phi) is 7.02. The Hall–Kier alpha value is -2.54. The molecule has 0 radical (unpaired) electrons. The van der Waals surface area contributed by atoms with Crippen molar-refractivity contribution in [3.63, 3.8) is 0 Å². The van der Waals surface area contributed by atoms with Crippen LogP contribution in [0.3, 0.4) is 0 Å². The molecule has 0 saturated heterocycles. The molecule has 3 aromatic rings. The largest absolute Gasteiger partial charge is 0.396 e. The maximum absolute atomic E-state index is 13.8. The highest BCUT2D eigenvalue weighted by Crippen LogP contribution is 2.28. The number of carbonyl (C=O) groups excluding carboxylic acids is 1. The SMILES string of the molecule is CC[C@@H](CO)CC(=O)c1cc(-c2ccc(Cl)c(Cl)c2)nn(-c2cccc(F)c2)c1=O. The average molecular weight is 449 g/mol. The fraction of sp³-hybridized carbons (Fsp3) is 0.227. The summed E-state index contributed by atoms with van der Waals surface area (Å²) in [4.78, 5) is 25.9. The van der Waals surface area contributed by atoms with E-state index in [0.29, 0.717) is 27.7 Å². The second-order valence-corrected chi connectivity index (χ2v) is 7.67. The fourth-order valence-electron chi connectivity index (χ4n) is 2.98. The average Bonchev–Trinajstić information content (AvgIpc) is 2.74. The van der Waals surface area contributed by atoms with Crippen LogP contribution in [0.2, 0.25) is 10.0 Å². The van der Waals surface area contributed by atoms with Gasteiger partial charge < -0.3 is 5.11 Å². The van der Waals surface area contributed by atoms with E-state index >= 15 is 0 Å². The van der Waals surface area contributed by atoms with Gasteiger partial charge in [0.2, 0.25) is 0 Å². The molecule has 0 unspecified atom stereocenters. The van der Waals surface area contributed by atoms with E-state index in [1.54, 1.807) is 18.2 Å². The van der Waals surface area contributed by atoms with Crippen molar-refractivity contribution in [3.05, 3.63) is 80.3 Å². The number of benzene rings is 2. The van der Waals surface area contributed by atoms with Crippen LogP contribution in [0.1, 0.15) is 30.1 Å². The maximum Gasteiger partial charge on any atom is 0.282 e. The molecule has 1 atom stereocenters. The molecule has 2 aromatic carbocycles. The van der Waals surface area contributed by atoms with Crippen LogP contribution in [0.25, 0.3) is 16.9 Å². The van der Waals surface area contributed by atoms with E-state index in [4.69, 9.17) is 23.2 Å². The lowest BCUT2D eigenvalue weighted by molar-refractivity contribution is 0.0931. The van der Waals surface area contributed by atoms with Crippen molar-refractivity contribution in [2.75, 3.05) is 6.61 Å². The molecule has 1 aromatic heterocycles. The number of hydrogen-bond acceptors (Lipinski definition) is 4. The number of aliphatic hydroxyl groups is 1. The highest BCUT2D eigenvalue weighted by atomic mass is 35.5. The van der Waals surface area contributed by atoms with Gasteiger partial charge in [0.05, 0.1) is 27.0 Å². The van der Waals surface area contributed by atoms with Gasteiger partial charge in [0.25, 0.3) is 5.56 Å². The lowest BCUT2D eigenvalue weighted by atomic mass is 9.97. The zero-order valence-corrected chi connectivity index (χ0v) is 17.6. The lowest BCUT2D eigenvalue weighted by Crippen LogP contribution is -2.29. The van der Waals surface area contributed by atoms with E-state index in [1.165, 1.54) is 24.3 Å². The summed E-state index contributed by atoms with van der Waals surface area (Å²) in [5, 5.41) is 14.4. The Bertz CT molecular complexity index is 1140. The smallest absolute Gasteiger partial charge is 0.282 e. The molecule has 8 heteroatoms. The van der Waals surface area contributed by atoms with E-state index in [1.807, 2.05) is 6.92 Å². The Morgan fingerprint density at radius 1 is 1.17 bits per heavy atom. The summed E-state index contributed by atoms with van der Waals surface area (Å²) in [7, 11) is 0. The Labute approximate surface area is 182 Å². The van der Waals surface area contributed by atoms with Gasteiger partial charge in [-0.05, 0) is 42.3 Å². The van der Waals surface area contributed by atoms with Crippen molar-refractivity contribution in [2.24, 2.45) is 5.92 Å². The van der Waals surface area contributed by atoms with Crippen LogP contribution >= 0.6 is 23.2 Å². The third-order valence-corrected chi connectivity index (χ3v) is 5.53. The van der Waals surface area contributed by atoms with E-state index in [0.717, 1.165) is 10.7 Å². The summed E-state index contributed by atoms with van der Waals surface area (Å²) in [5.74, 6) is -1.23. The maximum atomic E-state index is 13.8. The van der Waals surface area contributed by atoms with Crippen LogP contribution in [-0.2, 0) is 0 Å². The van der Waals surface area contributed by atoms with Crippen molar-refractivity contribution in [1.82, 2.24) is 9.78 Å². The molecule has 3 rings (SSSR count). The molecule has 5 nitrogen and oxygen atoms in total. The number of aliphatic hydroxyl groups excluding tert-OH is 1. The van der Waals surface area contributed by atoms with Crippen molar-refractivity contribution in [3.8, 4) is 16.9 Å². The summed E-state index contributed by atoms with van der Waals surface area (Å²) in [5.41, 5.74) is 0.269. The minimum absolute atomic E-state index is 0.0101. The molecule has 1 heterocycles. The predicted octanol–water partition coefficient (Wildman–Crippen LogP) is 4.94. The van der Waals surface area contributed by atoms with Gasteiger partial charge in [-0.2, -0.15) is 9.78 Å². The monoisotopic (exact) mass is 448 g/mol. The minimum atomic E-state index is -0.665. The molecular formula is C22H19Cl2FN2O3. The number of ketones is 1. The first-order valence-electron chi connectivity index (χ1n) is 9.33. The second kappa shape index (κ2) is 9.51. The quantitative estimate of drug-likeness (QED) is 0.519. The first-order chi connectivity index (χ1) is 14.3. The van der Waals surface area contributed by atoms with Gasteiger partial charge in [0.1, 0.15) is 5.82 Å². The predicted molar refractivity (Wildman–Crippen MR) is 115 cm³/mol. The third-order valence-electron chi connectivity index (χ3n) is 4.79. The number of hydrogen-bond donors (Lipinski definition) is 1. The molecule has 1 N–H and O–H groups in total. The van der Waals surface area contributed by atoms with Crippen molar-refractivity contribution >= 4 is 29.0 Å². The van der Waals surface area contributed by atoms with Crippen LogP contribution in [0.15, 0.2) is 53.3 Å². The van der Waals surface area contributed by atoms with Gasteiger partial charge >= 0.3 is 0 Å². The van der Waals surface area contributed by atoms with Crippen LogP contribution in [0.4, 0.5) is 4.39 Å². The van der Waals surface area contributed by atoms with E-state index in [2.05, 4.69) is 5.10 Å². The molecule has 30 heavy (non-hydrogen) atoms. The van der Waals surface area contributed by atoms with Gasteiger partial charge in [-0.3, -0.25) is 9.59 Å². The zero-order chi connectivity index (χ0) is 21.8. The summed E-state index contributed by atoms with van der Waals surface area (Å²) >= 11 is 12.1. The molecule has 156 valence electrons. The van der Waals surface area contributed by atoms with Crippen molar-refractivity contribution in [1.29, 1.82) is 0 Å². The van der Waals surface area contributed by atoms with Crippen LogP contribution in [-0.4, -0.2) is 27.3 Å². The number of carbonyl (C=O) groups is 1. The lowest BCUT2D eigenvalue weighted by Gasteiger charge is -2.13. The summed E-state index contributed by atoms with van der Waals surface area (Å²) in [6.07, 6.45) is 0.598. The molecule has 0 aliphatic rings. The van der Waals surface area contributed by atoms with E-state index < -0.39 is 17.2 Å². The number of Topliss-reactive ketones (excluding diaryl/α,β-unsaturated/α-hetero) is 1. The van der Waals surface area contributed by atoms with Gasteiger partial charge in [0.15, 0.2) is 5.78 Å². The molecule has 0 amide bonds. The van der Waals surface area contributed by atoms with Crippen LogP contribution < -0.4 is 5.56 Å². The number of nitrogens with zero attached hydrogens (tertiary/aromatic N) is 2. The van der Waals surface area contributed by atoms with Gasteiger partial charge in [-0.25, -0.2) is 4.39 Å². The summed E-state index contributed by atoms with van der Waals surface area (Å²) in [6, 6.07) is 11.6. The van der Waals surface area contributed by atoms with Gasteiger partial charge in [-0.15, -0.1) is 0 Å². The molecule has 0 saturated carbocycles. The highest BCUT2D eigenvalue weighted by Gasteiger charge is 2.20. The zero-order valence-electron chi connectivity index (χ0n) is 16.1. The molecule has 0 aliphatic carbocycles. The Morgan fingerprint density at radius 2 is 1.93 bits per heavy atom. The van der Waals surface area contributed by atoms with Gasteiger partial charge in [0, 0.05) is 18.6 Å². The molecule has 0 aliphatic heterocycles. The Morgan fingerprint density at radius 3 is 2.57 bits per heavy atom. The van der Waals surface area contributed by atoms with E-state index in [9.17, 15) is 19.1 Å². The Balaban J connectivity index is 2.20. The highest BCUT2D eigenvalue weighted by molar-refractivity contribution is 6.42. The number of halogens is 3. The normalized spacial score (nSPS) is 12.0. The van der Waals surface area contributed by atoms with Crippen molar-refractivity contribution < 1.29 is 14.3 Å². The molecule has 0 fully saturated rings. The summed E-state index contributed by atoms with van der Waals surface area (Å²) < 4.78 is 14.8. The number of rotatable bonds is 7. The first-order valence-corrected chi connectivity index (χ1v) is 10.1. The third kappa shape index (κ3) is 4.78.